The van der Waals surface area contributed by atoms with E-state index in [1.165, 1.54) is 28.6 Å². The highest BCUT2D eigenvalue weighted by Gasteiger charge is 2.21. The van der Waals surface area contributed by atoms with Gasteiger partial charge in [-0.1, -0.05) is 31.5 Å². The molecule has 2 aromatic carbocycles. The van der Waals surface area contributed by atoms with Gasteiger partial charge in [0.2, 0.25) is 10.0 Å². The van der Waals surface area contributed by atoms with Gasteiger partial charge >= 0.3 is 5.97 Å². The van der Waals surface area contributed by atoms with Gasteiger partial charge in [0.15, 0.2) is 6.61 Å². The summed E-state index contributed by atoms with van der Waals surface area (Å²) in [5.74, 6) is -1.10. The SMILES string of the molecule is CCN(CC)S(=O)(=O)c1ccc(NC(=O)COC(=O)c2cccc(C)c2)cc1. The van der Waals surface area contributed by atoms with E-state index in [1.54, 1.807) is 32.0 Å². The van der Waals surface area contributed by atoms with Crippen molar-refractivity contribution < 1.29 is 22.7 Å². The Morgan fingerprint density at radius 1 is 1.04 bits per heavy atom. The molecule has 0 aliphatic carbocycles. The Morgan fingerprint density at radius 2 is 1.68 bits per heavy atom. The fraction of sp³-hybridized carbons (Fsp3) is 0.300. The third kappa shape index (κ3) is 5.40. The Labute approximate surface area is 165 Å². The lowest BCUT2D eigenvalue weighted by Gasteiger charge is -2.18. The summed E-state index contributed by atoms with van der Waals surface area (Å²) in [5.41, 5.74) is 1.70. The molecule has 0 fully saturated rings. The number of rotatable bonds is 8. The first kappa shape index (κ1) is 21.6. The number of anilines is 1. The Balaban J connectivity index is 1.95. The topological polar surface area (TPSA) is 92.8 Å². The molecular weight excluding hydrogens is 380 g/mol. The first-order chi connectivity index (χ1) is 13.3. The van der Waals surface area contributed by atoms with Crippen molar-refractivity contribution in [2.75, 3.05) is 25.0 Å². The minimum atomic E-state index is -3.55. The lowest BCUT2D eigenvalue weighted by Crippen LogP contribution is -2.30. The fourth-order valence-electron chi connectivity index (χ4n) is 2.61. The molecule has 0 aliphatic heterocycles. The van der Waals surface area contributed by atoms with Gasteiger partial charge in [-0.15, -0.1) is 0 Å². The van der Waals surface area contributed by atoms with E-state index in [0.29, 0.717) is 24.3 Å². The predicted molar refractivity (Wildman–Crippen MR) is 107 cm³/mol. The molecular formula is C20H24N2O5S. The summed E-state index contributed by atoms with van der Waals surface area (Å²) >= 11 is 0. The number of nitrogens with zero attached hydrogens (tertiary/aromatic N) is 1. The van der Waals surface area contributed by atoms with Gasteiger partial charge in [0, 0.05) is 18.8 Å². The largest absolute Gasteiger partial charge is 0.452 e. The molecule has 1 amide bonds. The van der Waals surface area contributed by atoms with Gasteiger partial charge in [-0.25, -0.2) is 13.2 Å². The molecule has 0 radical (unpaired) electrons. The van der Waals surface area contributed by atoms with Gasteiger partial charge in [0.25, 0.3) is 5.91 Å². The zero-order valence-electron chi connectivity index (χ0n) is 16.1. The summed E-state index contributed by atoms with van der Waals surface area (Å²) in [6.45, 7) is 5.72. The second-order valence-corrected chi connectivity index (χ2v) is 8.05. The van der Waals surface area contributed by atoms with Crippen LogP contribution in [0.4, 0.5) is 5.69 Å². The minimum absolute atomic E-state index is 0.153. The van der Waals surface area contributed by atoms with Crippen LogP contribution in [-0.2, 0) is 19.6 Å². The third-order valence-corrected chi connectivity index (χ3v) is 6.13. The van der Waals surface area contributed by atoms with Crippen LogP contribution in [0.25, 0.3) is 0 Å². The van der Waals surface area contributed by atoms with E-state index in [2.05, 4.69) is 5.32 Å². The number of esters is 1. The van der Waals surface area contributed by atoms with Crippen molar-refractivity contribution in [1.29, 1.82) is 0 Å². The van der Waals surface area contributed by atoms with E-state index in [0.717, 1.165) is 5.56 Å². The molecule has 8 heteroatoms. The van der Waals surface area contributed by atoms with E-state index in [4.69, 9.17) is 4.74 Å². The average molecular weight is 404 g/mol. The van der Waals surface area contributed by atoms with Crippen molar-refractivity contribution in [3.8, 4) is 0 Å². The van der Waals surface area contributed by atoms with Crippen molar-refractivity contribution in [2.45, 2.75) is 25.7 Å². The molecule has 0 atom stereocenters. The van der Waals surface area contributed by atoms with Crippen LogP contribution in [-0.4, -0.2) is 44.3 Å². The number of ether oxygens (including phenoxy) is 1. The van der Waals surface area contributed by atoms with Gasteiger partial charge in [-0.2, -0.15) is 4.31 Å². The molecule has 7 nitrogen and oxygen atoms in total. The van der Waals surface area contributed by atoms with E-state index >= 15 is 0 Å². The van der Waals surface area contributed by atoms with Crippen LogP contribution in [0.1, 0.15) is 29.8 Å². The molecule has 1 N–H and O–H groups in total. The summed E-state index contributed by atoms with van der Waals surface area (Å²) in [7, 11) is -3.55. The molecule has 150 valence electrons. The van der Waals surface area contributed by atoms with Crippen LogP contribution in [0.3, 0.4) is 0 Å². The Hall–Kier alpha value is -2.71. The highest BCUT2D eigenvalue weighted by Crippen LogP contribution is 2.18. The van der Waals surface area contributed by atoms with Gasteiger partial charge in [0.1, 0.15) is 0 Å². The Kier molecular flexibility index (Phi) is 7.31. The van der Waals surface area contributed by atoms with E-state index < -0.39 is 28.5 Å². The van der Waals surface area contributed by atoms with E-state index in [1.807, 2.05) is 13.0 Å². The zero-order valence-corrected chi connectivity index (χ0v) is 17.0. The maximum atomic E-state index is 12.4. The monoisotopic (exact) mass is 404 g/mol. The third-order valence-electron chi connectivity index (χ3n) is 4.07. The molecule has 0 unspecified atom stereocenters. The van der Waals surface area contributed by atoms with E-state index in [9.17, 15) is 18.0 Å². The maximum Gasteiger partial charge on any atom is 0.338 e. The van der Waals surface area contributed by atoms with Crippen LogP contribution in [0.5, 0.6) is 0 Å². The molecule has 2 rings (SSSR count). The Morgan fingerprint density at radius 3 is 2.25 bits per heavy atom. The van der Waals surface area contributed by atoms with Crippen LogP contribution in [0.15, 0.2) is 53.4 Å². The van der Waals surface area contributed by atoms with Crippen molar-refractivity contribution >= 4 is 27.6 Å². The molecule has 0 bridgehead atoms. The summed E-state index contributed by atoms with van der Waals surface area (Å²) < 4.78 is 31.2. The zero-order chi connectivity index (χ0) is 20.7. The molecule has 0 aliphatic rings. The molecule has 28 heavy (non-hydrogen) atoms. The van der Waals surface area contributed by atoms with Gasteiger partial charge in [0.05, 0.1) is 10.5 Å². The number of nitrogens with one attached hydrogen (secondary N) is 1. The summed E-state index contributed by atoms with van der Waals surface area (Å²) in [4.78, 5) is 24.1. The van der Waals surface area contributed by atoms with E-state index in [-0.39, 0.29) is 4.90 Å². The number of hydrogen-bond donors (Lipinski definition) is 1. The van der Waals surface area contributed by atoms with Crippen LogP contribution in [0.2, 0.25) is 0 Å². The smallest absolute Gasteiger partial charge is 0.338 e. The average Bonchev–Trinajstić information content (AvgIpc) is 2.67. The Bertz CT molecular complexity index is 935. The lowest BCUT2D eigenvalue weighted by molar-refractivity contribution is -0.119. The number of carbonyl (C=O) groups excluding carboxylic acids is 2. The molecule has 0 saturated heterocycles. The number of sulfonamides is 1. The lowest BCUT2D eigenvalue weighted by atomic mass is 10.1. The molecule has 0 spiro atoms. The van der Waals surface area contributed by atoms with Crippen molar-refractivity contribution in [2.24, 2.45) is 0 Å². The molecule has 2 aromatic rings. The second-order valence-electron chi connectivity index (χ2n) is 6.11. The maximum absolute atomic E-state index is 12.4. The predicted octanol–water partition coefficient (Wildman–Crippen LogP) is 2.82. The second kappa shape index (κ2) is 9.48. The fourth-order valence-corrected chi connectivity index (χ4v) is 4.06. The minimum Gasteiger partial charge on any atom is -0.452 e. The van der Waals surface area contributed by atoms with Crippen molar-refractivity contribution in [1.82, 2.24) is 4.31 Å². The highest BCUT2D eigenvalue weighted by atomic mass is 32.2. The number of carbonyl (C=O) groups is 2. The summed E-state index contributed by atoms with van der Waals surface area (Å²) in [5, 5.41) is 2.57. The molecule has 0 saturated carbocycles. The quantitative estimate of drug-likeness (QED) is 0.683. The molecule has 0 heterocycles. The van der Waals surface area contributed by atoms with Gasteiger partial charge in [-0.3, -0.25) is 4.79 Å². The van der Waals surface area contributed by atoms with Crippen LogP contribution >= 0.6 is 0 Å². The summed E-state index contributed by atoms with van der Waals surface area (Å²) in [6, 6.07) is 12.7. The molecule has 0 aromatic heterocycles. The highest BCUT2D eigenvalue weighted by molar-refractivity contribution is 7.89. The standard InChI is InChI=1S/C20H24N2O5S/c1-4-22(5-2)28(25,26)18-11-9-17(10-12-18)21-19(23)14-27-20(24)16-8-6-7-15(3)13-16/h6-13H,4-5,14H2,1-3H3,(H,21,23). The van der Waals surface area contributed by atoms with Crippen LogP contribution in [0, 0.1) is 6.92 Å². The van der Waals surface area contributed by atoms with Crippen LogP contribution < -0.4 is 5.32 Å². The first-order valence-corrected chi connectivity index (χ1v) is 10.4. The summed E-state index contributed by atoms with van der Waals surface area (Å²) in [6.07, 6.45) is 0. The number of benzene rings is 2. The number of amides is 1. The van der Waals surface area contributed by atoms with Gasteiger partial charge < -0.3 is 10.1 Å². The first-order valence-electron chi connectivity index (χ1n) is 8.91. The normalized spacial score (nSPS) is 11.3. The van der Waals surface area contributed by atoms with Crippen molar-refractivity contribution in [3.63, 3.8) is 0 Å². The van der Waals surface area contributed by atoms with Gasteiger partial charge in [-0.05, 0) is 43.3 Å². The number of hydrogen-bond acceptors (Lipinski definition) is 5. The van der Waals surface area contributed by atoms with Crippen molar-refractivity contribution in [3.05, 3.63) is 59.7 Å². The number of aryl methyl sites for hydroxylation is 1.